The summed E-state index contributed by atoms with van der Waals surface area (Å²) in [6, 6.07) is 7.22. The smallest absolute Gasteiger partial charge is 0.435 e. The first-order valence-corrected chi connectivity index (χ1v) is 4.84. The highest BCUT2D eigenvalue weighted by Gasteiger charge is 2.33. The SMILES string of the molecule is Oc1cccc(Cn2ccc(C(F)(F)F)n2)c1. The third-order valence-corrected chi connectivity index (χ3v) is 2.19. The highest BCUT2D eigenvalue weighted by molar-refractivity contribution is 5.27. The maximum absolute atomic E-state index is 12.3. The zero-order valence-corrected chi connectivity index (χ0v) is 8.65. The number of aromatic nitrogens is 2. The van der Waals surface area contributed by atoms with Crippen molar-refractivity contribution < 1.29 is 18.3 Å². The largest absolute Gasteiger partial charge is 0.508 e. The summed E-state index contributed by atoms with van der Waals surface area (Å²) in [5, 5.41) is 12.6. The van der Waals surface area contributed by atoms with Gasteiger partial charge in [-0.25, -0.2) is 0 Å². The number of benzene rings is 1. The van der Waals surface area contributed by atoms with Crippen LogP contribution in [-0.2, 0) is 12.7 Å². The number of aromatic hydroxyl groups is 1. The Morgan fingerprint density at radius 3 is 2.59 bits per heavy atom. The normalized spacial score (nSPS) is 11.7. The van der Waals surface area contributed by atoms with Crippen molar-refractivity contribution in [1.82, 2.24) is 9.78 Å². The molecule has 0 aliphatic carbocycles. The molecule has 90 valence electrons. The van der Waals surface area contributed by atoms with Gasteiger partial charge in [0.2, 0.25) is 0 Å². The van der Waals surface area contributed by atoms with Gasteiger partial charge in [0, 0.05) is 6.20 Å². The molecular weight excluding hydrogens is 233 g/mol. The summed E-state index contributed by atoms with van der Waals surface area (Å²) in [6.07, 6.45) is -3.17. The molecular formula is C11H9F3N2O. The molecule has 0 spiro atoms. The summed E-state index contributed by atoms with van der Waals surface area (Å²) in [4.78, 5) is 0. The van der Waals surface area contributed by atoms with Gasteiger partial charge in [-0.05, 0) is 23.8 Å². The Labute approximate surface area is 95.1 Å². The van der Waals surface area contributed by atoms with E-state index in [2.05, 4.69) is 5.10 Å². The Morgan fingerprint density at radius 1 is 1.24 bits per heavy atom. The van der Waals surface area contributed by atoms with Crippen molar-refractivity contribution >= 4 is 0 Å². The first-order valence-electron chi connectivity index (χ1n) is 4.84. The molecule has 0 radical (unpaired) electrons. The van der Waals surface area contributed by atoms with Crippen molar-refractivity contribution in [3.05, 3.63) is 47.8 Å². The second kappa shape index (κ2) is 4.12. The molecule has 1 N–H and O–H groups in total. The van der Waals surface area contributed by atoms with E-state index in [0.29, 0.717) is 5.56 Å². The Balaban J connectivity index is 2.17. The Hall–Kier alpha value is -1.98. The van der Waals surface area contributed by atoms with Crippen LogP contribution in [0.4, 0.5) is 13.2 Å². The minimum atomic E-state index is -4.43. The third kappa shape index (κ3) is 2.77. The average Bonchev–Trinajstić information content (AvgIpc) is 2.65. The van der Waals surface area contributed by atoms with Gasteiger partial charge in [0.1, 0.15) is 5.75 Å². The lowest BCUT2D eigenvalue weighted by atomic mass is 10.2. The second-order valence-corrected chi connectivity index (χ2v) is 3.57. The van der Waals surface area contributed by atoms with E-state index >= 15 is 0 Å². The van der Waals surface area contributed by atoms with E-state index in [9.17, 15) is 18.3 Å². The van der Waals surface area contributed by atoms with Crippen LogP contribution in [0.3, 0.4) is 0 Å². The summed E-state index contributed by atoms with van der Waals surface area (Å²) < 4.78 is 38.0. The molecule has 0 aliphatic rings. The molecule has 6 heteroatoms. The van der Waals surface area contributed by atoms with Gasteiger partial charge in [-0.1, -0.05) is 12.1 Å². The minimum Gasteiger partial charge on any atom is -0.508 e. The monoisotopic (exact) mass is 242 g/mol. The van der Waals surface area contributed by atoms with Crippen LogP contribution < -0.4 is 0 Å². The van der Waals surface area contributed by atoms with E-state index in [1.165, 1.54) is 23.0 Å². The van der Waals surface area contributed by atoms with Gasteiger partial charge in [0.25, 0.3) is 0 Å². The maximum Gasteiger partial charge on any atom is 0.435 e. The van der Waals surface area contributed by atoms with E-state index in [1.807, 2.05) is 0 Å². The number of rotatable bonds is 2. The first-order chi connectivity index (χ1) is 7.95. The van der Waals surface area contributed by atoms with Crippen molar-refractivity contribution in [2.45, 2.75) is 12.7 Å². The predicted octanol–water partition coefficient (Wildman–Crippen LogP) is 2.66. The second-order valence-electron chi connectivity index (χ2n) is 3.57. The van der Waals surface area contributed by atoms with Gasteiger partial charge in [-0.2, -0.15) is 18.3 Å². The minimum absolute atomic E-state index is 0.0747. The zero-order chi connectivity index (χ0) is 12.5. The lowest BCUT2D eigenvalue weighted by Gasteiger charge is -2.03. The highest BCUT2D eigenvalue weighted by atomic mass is 19.4. The van der Waals surface area contributed by atoms with Crippen LogP contribution in [0.1, 0.15) is 11.3 Å². The fourth-order valence-electron chi connectivity index (χ4n) is 1.44. The van der Waals surface area contributed by atoms with Gasteiger partial charge in [0.15, 0.2) is 5.69 Å². The van der Waals surface area contributed by atoms with Crippen molar-refractivity contribution in [2.75, 3.05) is 0 Å². The molecule has 0 atom stereocenters. The van der Waals surface area contributed by atoms with Gasteiger partial charge < -0.3 is 5.11 Å². The molecule has 0 saturated heterocycles. The Bertz CT molecular complexity index is 519. The summed E-state index contributed by atoms with van der Waals surface area (Å²) in [7, 11) is 0. The summed E-state index contributed by atoms with van der Waals surface area (Å²) >= 11 is 0. The molecule has 1 aromatic carbocycles. The number of nitrogens with zero attached hydrogens (tertiary/aromatic N) is 2. The molecule has 3 nitrogen and oxygen atoms in total. The molecule has 0 bridgehead atoms. The van der Waals surface area contributed by atoms with Crippen LogP contribution in [-0.4, -0.2) is 14.9 Å². The standard InChI is InChI=1S/C11H9F3N2O/c12-11(13,14)10-4-5-16(15-10)7-8-2-1-3-9(17)6-8/h1-6,17H,7H2. The third-order valence-electron chi connectivity index (χ3n) is 2.19. The average molecular weight is 242 g/mol. The molecule has 0 unspecified atom stereocenters. The van der Waals surface area contributed by atoms with Crippen LogP contribution in [0.5, 0.6) is 5.75 Å². The van der Waals surface area contributed by atoms with Crippen molar-refractivity contribution in [3.8, 4) is 5.75 Å². The molecule has 1 aromatic heterocycles. The molecule has 1 heterocycles. The van der Waals surface area contributed by atoms with Crippen molar-refractivity contribution in [3.63, 3.8) is 0 Å². The molecule has 17 heavy (non-hydrogen) atoms. The molecule has 0 aliphatic heterocycles. The van der Waals surface area contributed by atoms with Gasteiger partial charge >= 0.3 is 6.18 Å². The van der Waals surface area contributed by atoms with Crippen molar-refractivity contribution in [1.29, 1.82) is 0 Å². The van der Waals surface area contributed by atoms with E-state index < -0.39 is 11.9 Å². The molecule has 0 saturated carbocycles. The van der Waals surface area contributed by atoms with Crippen LogP contribution in [0.2, 0.25) is 0 Å². The topological polar surface area (TPSA) is 38.0 Å². The van der Waals surface area contributed by atoms with E-state index in [0.717, 1.165) is 6.07 Å². The van der Waals surface area contributed by atoms with Crippen LogP contribution in [0, 0.1) is 0 Å². The zero-order valence-electron chi connectivity index (χ0n) is 8.65. The van der Waals surface area contributed by atoms with Gasteiger partial charge in [-0.3, -0.25) is 4.68 Å². The van der Waals surface area contributed by atoms with E-state index in [1.54, 1.807) is 12.1 Å². The fourth-order valence-corrected chi connectivity index (χ4v) is 1.44. The van der Waals surface area contributed by atoms with Crippen LogP contribution >= 0.6 is 0 Å². The first kappa shape index (κ1) is 11.5. The molecule has 0 amide bonds. The predicted molar refractivity (Wildman–Crippen MR) is 54.4 cm³/mol. The number of alkyl halides is 3. The molecule has 2 aromatic rings. The number of hydrogen-bond donors (Lipinski definition) is 1. The number of hydrogen-bond acceptors (Lipinski definition) is 2. The lowest BCUT2D eigenvalue weighted by molar-refractivity contribution is -0.141. The molecule has 2 rings (SSSR count). The molecule has 0 fully saturated rings. The number of phenols is 1. The van der Waals surface area contributed by atoms with E-state index in [-0.39, 0.29) is 12.3 Å². The van der Waals surface area contributed by atoms with Crippen LogP contribution in [0.25, 0.3) is 0 Å². The van der Waals surface area contributed by atoms with E-state index in [4.69, 9.17) is 0 Å². The number of phenolic OH excluding ortho intramolecular Hbond substituents is 1. The fraction of sp³-hybridized carbons (Fsp3) is 0.182. The van der Waals surface area contributed by atoms with Crippen molar-refractivity contribution in [2.24, 2.45) is 0 Å². The summed E-state index contributed by atoms with van der Waals surface area (Å²) in [5.41, 5.74) is -0.237. The Kier molecular flexibility index (Phi) is 2.79. The number of halogens is 3. The summed E-state index contributed by atoms with van der Waals surface area (Å²) in [5.74, 6) is 0.0747. The maximum atomic E-state index is 12.3. The Morgan fingerprint density at radius 2 is 2.00 bits per heavy atom. The van der Waals surface area contributed by atoms with Gasteiger partial charge in [-0.15, -0.1) is 0 Å². The lowest BCUT2D eigenvalue weighted by Crippen LogP contribution is -2.08. The van der Waals surface area contributed by atoms with Crippen LogP contribution in [0.15, 0.2) is 36.5 Å². The highest BCUT2D eigenvalue weighted by Crippen LogP contribution is 2.27. The summed E-state index contributed by atoms with van der Waals surface area (Å²) in [6.45, 7) is 0.185. The van der Waals surface area contributed by atoms with Gasteiger partial charge in [0.05, 0.1) is 6.54 Å². The quantitative estimate of drug-likeness (QED) is 0.879.